The molecule has 1 aromatic heterocycles. The molecule has 1 amide bonds. The molecule has 8 nitrogen and oxygen atoms in total. The maximum Gasteiger partial charge on any atom is 0.337 e. The molecular weight excluding hydrogens is 360 g/mol. The minimum absolute atomic E-state index is 0.314. The lowest BCUT2D eigenvalue weighted by molar-refractivity contribution is -0.121. The Kier molecular flexibility index (Phi) is 5.04. The summed E-state index contributed by atoms with van der Waals surface area (Å²) < 4.78 is 4.68. The van der Waals surface area contributed by atoms with Crippen LogP contribution in [0.2, 0.25) is 5.02 Å². The Labute approximate surface area is 153 Å². The molecule has 0 spiro atoms. The molecule has 0 aliphatic carbocycles. The van der Waals surface area contributed by atoms with Crippen molar-refractivity contribution in [1.29, 1.82) is 0 Å². The highest BCUT2D eigenvalue weighted by molar-refractivity contribution is 6.33. The van der Waals surface area contributed by atoms with Crippen molar-refractivity contribution in [2.75, 3.05) is 19.0 Å². The summed E-state index contributed by atoms with van der Waals surface area (Å²) in [6, 6.07) is 10.00. The summed E-state index contributed by atoms with van der Waals surface area (Å²) in [7, 11) is 1.29. The number of nitrogens with zero attached hydrogens (tertiary/aromatic N) is 3. The number of halogens is 1. The van der Waals surface area contributed by atoms with Gasteiger partial charge in [-0.1, -0.05) is 22.5 Å². The number of rotatable bonds is 5. The van der Waals surface area contributed by atoms with E-state index in [0.717, 1.165) is 10.4 Å². The third-order valence-electron chi connectivity index (χ3n) is 3.55. The minimum Gasteiger partial charge on any atom is -0.465 e. The molecular formula is C17H15ClN4O4. The second-order valence-electron chi connectivity index (χ2n) is 5.46. The van der Waals surface area contributed by atoms with Crippen LogP contribution in [0.15, 0.2) is 36.4 Å². The van der Waals surface area contributed by atoms with Crippen LogP contribution >= 0.6 is 11.6 Å². The molecule has 3 aromatic rings. The number of esters is 1. The maximum atomic E-state index is 12.1. The zero-order chi connectivity index (χ0) is 18.7. The summed E-state index contributed by atoms with van der Waals surface area (Å²) in [5, 5.41) is 10.8. The predicted octanol–water partition coefficient (Wildman–Crippen LogP) is 2.25. The number of hydrogen-bond donors (Lipinski definition) is 1. The summed E-state index contributed by atoms with van der Waals surface area (Å²) >= 11 is 6.09. The number of fused-ring (bicyclic) bond motifs is 1. The number of anilines is 1. The molecule has 134 valence electrons. The first-order chi connectivity index (χ1) is 12.5. The van der Waals surface area contributed by atoms with Crippen LogP contribution < -0.4 is 10.2 Å². The fourth-order valence-corrected chi connectivity index (χ4v) is 2.55. The summed E-state index contributed by atoms with van der Waals surface area (Å²) in [4.78, 5) is 30.1. The lowest BCUT2D eigenvalue weighted by Crippen LogP contribution is -2.26. The van der Waals surface area contributed by atoms with Crippen LogP contribution in [0.5, 0.6) is 0 Å². The monoisotopic (exact) mass is 374 g/mol. The number of amides is 1. The van der Waals surface area contributed by atoms with Gasteiger partial charge in [-0.15, -0.1) is 5.10 Å². The molecule has 1 N–H and O–H groups in total. The number of benzene rings is 2. The van der Waals surface area contributed by atoms with Crippen molar-refractivity contribution in [2.24, 2.45) is 0 Å². The van der Waals surface area contributed by atoms with E-state index in [4.69, 9.17) is 16.4 Å². The van der Waals surface area contributed by atoms with Gasteiger partial charge in [-0.05, 0) is 48.0 Å². The highest BCUT2D eigenvalue weighted by Gasteiger charge is 2.13. The van der Waals surface area contributed by atoms with E-state index in [1.54, 1.807) is 24.3 Å². The number of nitrogens with one attached hydrogen (secondary N) is 1. The van der Waals surface area contributed by atoms with E-state index in [1.165, 1.54) is 13.2 Å². The Morgan fingerprint density at radius 2 is 2.04 bits per heavy atom. The molecule has 0 saturated carbocycles. The topological polar surface area (TPSA) is 95.3 Å². The van der Waals surface area contributed by atoms with Gasteiger partial charge in [-0.25, -0.2) is 4.79 Å². The molecule has 26 heavy (non-hydrogen) atoms. The number of carbonyl (C=O) groups is 2. The molecule has 0 atom stereocenters. The average Bonchev–Trinajstić information content (AvgIpc) is 3.04. The fourth-order valence-electron chi connectivity index (χ4n) is 2.27. The number of carbonyl (C=O) groups excluding carboxylic acids is 2. The molecule has 3 rings (SSSR count). The molecule has 9 heteroatoms. The van der Waals surface area contributed by atoms with Gasteiger partial charge >= 0.3 is 5.97 Å². The van der Waals surface area contributed by atoms with E-state index in [2.05, 4.69) is 20.4 Å². The Hall–Kier alpha value is -3.13. The van der Waals surface area contributed by atoms with Gasteiger partial charge in [0.2, 0.25) is 0 Å². The van der Waals surface area contributed by atoms with Crippen LogP contribution in [-0.2, 0) is 9.53 Å². The first-order valence-electron chi connectivity index (χ1n) is 7.61. The van der Waals surface area contributed by atoms with E-state index in [1.807, 2.05) is 13.0 Å². The van der Waals surface area contributed by atoms with Crippen molar-refractivity contribution < 1.29 is 19.2 Å². The number of aromatic nitrogens is 3. The summed E-state index contributed by atoms with van der Waals surface area (Å²) in [5.74, 6) is -0.907. The Bertz CT molecular complexity index is 986. The highest BCUT2D eigenvalue weighted by atomic mass is 35.5. The van der Waals surface area contributed by atoms with E-state index in [0.29, 0.717) is 27.3 Å². The second kappa shape index (κ2) is 7.40. The largest absolute Gasteiger partial charge is 0.465 e. The van der Waals surface area contributed by atoms with Crippen molar-refractivity contribution in [3.63, 3.8) is 0 Å². The van der Waals surface area contributed by atoms with Gasteiger partial charge in [0.1, 0.15) is 11.0 Å². The average molecular weight is 375 g/mol. The van der Waals surface area contributed by atoms with Crippen LogP contribution in [0.3, 0.4) is 0 Å². The predicted molar refractivity (Wildman–Crippen MR) is 95.1 cm³/mol. The molecule has 0 saturated heterocycles. The quantitative estimate of drug-likeness (QED) is 0.688. The van der Waals surface area contributed by atoms with Crippen molar-refractivity contribution in [3.8, 4) is 0 Å². The van der Waals surface area contributed by atoms with Crippen molar-refractivity contribution in [1.82, 2.24) is 15.2 Å². The van der Waals surface area contributed by atoms with Gasteiger partial charge in [0.25, 0.3) is 5.91 Å². The zero-order valence-electron chi connectivity index (χ0n) is 14.0. The number of methoxy groups -OCH3 is 1. The Balaban J connectivity index is 1.70. The molecule has 0 fully saturated rings. The van der Waals surface area contributed by atoms with E-state index < -0.39 is 11.9 Å². The molecule has 0 aliphatic heterocycles. The zero-order valence-corrected chi connectivity index (χ0v) is 14.8. The van der Waals surface area contributed by atoms with Crippen molar-refractivity contribution in [2.45, 2.75) is 6.92 Å². The third-order valence-corrected chi connectivity index (χ3v) is 3.87. The first kappa shape index (κ1) is 17.7. The van der Waals surface area contributed by atoms with Gasteiger partial charge in [0, 0.05) is 0 Å². The van der Waals surface area contributed by atoms with Crippen LogP contribution in [-0.4, -0.2) is 40.8 Å². The highest BCUT2D eigenvalue weighted by Crippen LogP contribution is 2.22. The van der Waals surface area contributed by atoms with Gasteiger partial charge in [-0.2, -0.15) is 0 Å². The van der Waals surface area contributed by atoms with Crippen LogP contribution in [0, 0.1) is 6.92 Å². The Morgan fingerprint density at radius 3 is 2.77 bits per heavy atom. The second-order valence-corrected chi connectivity index (χ2v) is 5.87. The molecule has 0 bridgehead atoms. The summed E-state index contributed by atoms with van der Waals surface area (Å²) in [6.45, 7) is 1.59. The number of aryl methyl sites for hydroxylation is 1. The standard InChI is InChI=1S/C17H15ClN4O4/c1-10-3-5-13(12(18)7-10)19-16(23)9-26-22-15-8-11(17(24)25-2)4-6-14(15)20-21-22/h3-8H,9H2,1-2H3,(H,19,23). The van der Waals surface area contributed by atoms with Gasteiger partial charge in [0.05, 0.1) is 23.4 Å². The van der Waals surface area contributed by atoms with Gasteiger partial charge in [0.15, 0.2) is 6.61 Å². The third kappa shape index (κ3) is 3.75. The van der Waals surface area contributed by atoms with Crippen LogP contribution in [0.1, 0.15) is 15.9 Å². The fraction of sp³-hybridized carbons (Fsp3) is 0.176. The normalized spacial score (nSPS) is 10.6. The Morgan fingerprint density at radius 1 is 1.23 bits per heavy atom. The lowest BCUT2D eigenvalue weighted by Gasteiger charge is -2.09. The number of hydrogen-bond acceptors (Lipinski definition) is 6. The maximum absolute atomic E-state index is 12.1. The van der Waals surface area contributed by atoms with E-state index in [9.17, 15) is 9.59 Å². The van der Waals surface area contributed by atoms with Crippen molar-refractivity contribution in [3.05, 3.63) is 52.5 Å². The number of ether oxygens (including phenoxy) is 1. The molecule has 2 aromatic carbocycles. The molecule has 0 unspecified atom stereocenters. The smallest absolute Gasteiger partial charge is 0.337 e. The SMILES string of the molecule is COC(=O)c1ccc2nnn(OCC(=O)Nc3ccc(C)cc3Cl)c2c1. The summed E-state index contributed by atoms with van der Waals surface area (Å²) in [5.41, 5.74) is 2.75. The molecule has 0 aliphatic rings. The lowest BCUT2D eigenvalue weighted by atomic mass is 10.2. The van der Waals surface area contributed by atoms with Crippen LogP contribution in [0.25, 0.3) is 11.0 Å². The first-order valence-corrected chi connectivity index (χ1v) is 7.99. The summed E-state index contributed by atoms with van der Waals surface area (Å²) in [6.07, 6.45) is 0. The minimum atomic E-state index is -0.494. The van der Waals surface area contributed by atoms with Crippen LogP contribution in [0.4, 0.5) is 5.69 Å². The van der Waals surface area contributed by atoms with E-state index in [-0.39, 0.29) is 6.61 Å². The molecule has 0 radical (unpaired) electrons. The van der Waals surface area contributed by atoms with Crippen molar-refractivity contribution >= 4 is 40.2 Å². The molecule has 1 heterocycles. The van der Waals surface area contributed by atoms with Gasteiger partial charge in [-0.3, -0.25) is 4.79 Å². The van der Waals surface area contributed by atoms with E-state index >= 15 is 0 Å². The van der Waals surface area contributed by atoms with Gasteiger partial charge < -0.3 is 14.9 Å².